The number of nitrogens with one attached hydrogen (secondary N) is 2. The van der Waals surface area contributed by atoms with E-state index < -0.39 is 18.0 Å². The third-order valence-electron chi connectivity index (χ3n) is 3.90. The van der Waals surface area contributed by atoms with E-state index in [1.165, 1.54) is 7.11 Å². The first-order chi connectivity index (χ1) is 11.5. The Morgan fingerprint density at radius 2 is 2.12 bits per heavy atom. The molecule has 0 saturated carbocycles. The summed E-state index contributed by atoms with van der Waals surface area (Å²) in [5.74, 6) is 5.83. The molecule has 3 heterocycles. The zero-order valence-corrected chi connectivity index (χ0v) is 13.3. The smallest absolute Gasteiger partial charge is 0.322 e. The number of hydrogen-bond acceptors (Lipinski definition) is 5. The summed E-state index contributed by atoms with van der Waals surface area (Å²) >= 11 is 0. The normalized spacial score (nSPS) is 22.8. The average molecular weight is 328 g/mol. The van der Waals surface area contributed by atoms with Gasteiger partial charge in [-0.15, -0.1) is 0 Å². The molecule has 124 valence electrons. The van der Waals surface area contributed by atoms with E-state index >= 15 is 0 Å². The van der Waals surface area contributed by atoms with Crippen LogP contribution in [0.1, 0.15) is 25.5 Å². The minimum Gasteiger partial charge on any atom is -0.494 e. The summed E-state index contributed by atoms with van der Waals surface area (Å²) in [5.41, 5.74) is 0.302. The summed E-state index contributed by atoms with van der Waals surface area (Å²) in [6, 6.07) is 1.94. The van der Waals surface area contributed by atoms with Crippen LogP contribution in [0.3, 0.4) is 0 Å². The van der Waals surface area contributed by atoms with Gasteiger partial charge in [0.05, 0.1) is 7.11 Å². The Balaban J connectivity index is 1.92. The highest BCUT2D eigenvalue weighted by Gasteiger charge is 2.30. The topological polar surface area (TPSA) is 101 Å². The van der Waals surface area contributed by atoms with Gasteiger partial charge in [-0.05, 0) is 31.4 Å². The van der Waals surface area contributed by atoms with E-state index in [1.54, 1.807) is 17.0 Å². The highest BCUT2D eigenvalue weighted by Crippen LogP contribution is 2.27. The Morgan fingerprint density at radius 3 is 2.71 bits per heavy atom. The van der Waals surface area contributed by atoms with E-state index in [4.69, 9.17) is 4.74 Å². The number of hydrogen-bond donors (Lipinski definition) is 2. The van der Waals surface area contributed by atoms with Crippen molar-refractivity contribution in [2.75, 3.05) is 12.0 Å². The number of nitrogens with zero attached hydrogens (tertiary/aromatic N) is 2. The van der Waals surface area contributed by atoms with E-state index in [-0.39, 0.29) is 11.9 Å². The fraction of sp³-hybridized carbons (Fsp3) is 0.375. The molecular weight excluding hydrogens is 312 g/mol. The highest BCUT2D eigenvalue weighted by atomic mass is 16.5. The largest absolute Gasteiger partial charge is 0.494 e. The van der Waals surface area contributed by atoms with E-state index in [0.29, 0.717) is 23.7 Å². The van der Waals surface area contributed by atoms with E-state index in [9.17, 15) is 14.4 Å². The second kappa shape index (κ2) is 6.20. The molecule has 0 bridgehead atoms. The molecule has 0 spiro atoms. The maximum absolute atomic E-state index is 12.0. The molecule has 2 N–H and O–H groups in total. The Kier molecular flexibility index (Phi) is 4.08. The predicted molar refractivity (Wildman–Crippen MR) is 84.3 cm³/mol. The summed E-state index contributed by atoms with van der Waals surface area (Å²) < 4.78 is 5.22. The molecule has 3 rings (SSSR count). The maximum atomic E-state index is 12.0. The zero-order chi connectivity index (χ0) is 17.3. The van der Waals surface area contributed by atoms with Crippen LogP contribution in [-0.4, -0.2) is 42.0 Å². The minimum atomic E-state index is -0.931. The second-order valence-electron chi connectivity index (χ2n) is 5.54. The fourth-order valence-corrected chi connectivity index (χ4v) is 2.66. The van der Waals surface area contributed by atoms with Crippen LogP contribution in [0.15, 0.2) is 12.1 Å². The number of anilines is 1. The summed E-state index contributed by atoms with van der Waals surface area (Å²) in [5, 5.41) is 4.49. The van der Waals surface area contributed by atoms with Crippen LogP contribution < -0.4 is 20.3 Å². The Labute approximate surface area is 138 Å². The van der Waals surface area contributed by atoms with Gasteiger partial charge < -0.3 is 10.1 Å². The molecule has 2 fully saturated rings. The predicted octanol–water partition coefficient (Wildman–Crippen LogP) is 0.165. The summed E-state index contributed by atoms with van der Waals surface area (Å²) in [7, 11) is 1.48. The fourth-order valence-electron chi connectivity index (χ4n) is 2.66. The van der Waals surface area contributed by atoms with Crippen molar-refractivity contribution in [3.63, 3.8) is 0 Å². The van der Waals surface area contributed by atoms with Gasteiger partial charge in [0, 0.05) is 12.5 Å². The number of pyridine rings is 1. The quantitative estimate of drug-likeness (QED) is 0.595. The summed E-state index contributed by atoms with van der Waals surface area (Å²) in [4.78, 5) is 40.7. The van der Waals surface area contributed by atoms with E-state index in [0.717, 1.165) is 6.42 Å². The van der Waals surface area contributed by atoms with Crippen LogP contribution in [0.5, 0.6) is 5.75 Å². The molecule has 0 radical (unpaired) electrons. The lowest BCUT2D eigenvalue weighted by Gasteiger charge is -2.21. The van der Waals surface area contributed by atoms with Gasteiger partial charge in [-0.2, -0.15) is 0 Å². The van der Waals surface area contributed by atoms with Crippen molar-refractivity contribution in [3.8, 4) is 17.6 Å². The first-order valence-corrected chi connectivity index (χ1v) is 7.49. The number of ether oxygens (including phenoxy) is 1. The first-order valence-electron chi connectivity index (χ1n) is 7.49. The molecular formula is C16H16N4O4. The lowest BCUT2D eigenvalue weighted by Crippen LogP contribution is -2.31. The van der Waals surface area contributed by atoms with Crippen LogP contribution in [0, 0.1) is 11.8 Å². The van der Waals surface area contributed by atoms with Crippen LogP contribution >= 0.6 is 0 Å². The molecule has 2 saturated heterocycles. The lowest BCUT2D eigenvalue weighted by atomic mass is 10.2. The molecule has 1 aromatic rings. The number of urea groups is 1. The molecule has 4 amide bonds. The molecule has 2 aliphatic heterocycles. The average Bonchev–Trinajstić information content (AvgIpc) is 3.06. The molecule has 2 aliphatic rings. The van der Waals surface area contributed by atoms with Crippen molar-refractivity contribution in [2.45, 2.75) is 31.8 Å². The molecule has 8 nitrogen and oxygen atoms in total. The molecule has 1 aromatic heterocycles. The summed E-state index contributed by atoms with van der Waals surface area (Å²) in [6.07, 6.45) is 1.27. The Hall–Kier alpha value is -3.08. The van der Waals surface area contributed by atoms with Crippen LogP contribution in [0.25, 0.3) is 0 Å². The number of amides is 4. The standard InChI is InChI=1S/C16H16N4O4/c1-9-3-8-14(21)20(9)13-7-6-12(24-2)10(17-13)4-5-11-15(22)19-16(23)18-11/h6-7,9,11H,3,8H2,1-2H3,(H2,18,19,22,23). The van der Waals surface area contributed by atoms with Gasteiger partial charge in [0.25, 0.3) is 5.91 Å². The number of imide groups is 1. The molecule has 8 heteroatoms. The van der Waals surface area contributed by atoms with Gasteiger partial charge in [0.1, 0.15) is 5.82 Å². The number of carbonyl (C=O) groups excluding carboxylic acids is 3. The SMILES string of the molecule is COc1ccc(N2C(=O)CCC2C)nc1C#CC1NC(=O)NC1=O. The Morgan fingerprint density at radius 1 is 1.33 bits per heavy atom. The van der Waals surface area contributed by atoms with Crippen LogP contribution in [0.2, 0.25) is 0 Å². The minimum absolute atomic E-state index is 0.0153. The first kappa shape index (κ1) is 15.8. The van der Waals surface area contributed by atoms with Crippen molar-refractivity contribution in [3.05, 3.63) is 17.8 Å². The van der Waals surface area contributed by atoms with Gasteiger partial charge in [-0.1, -0.05) is 5.92 Å². The molecule has 24 heavy (non-hydrogen) atoms. The number of rotatable bonds is 2. The third-order valence-corrected chi connectivity index (χ3v) is 3.90. The van der Waals surface area contributed by atoms with Gasteiger partial charge in [-0.3, -0.25) is 19.8 Å². The van der Waals surface area contributed by atoms with Crippen molar-refractivity contribution >= 4 is 23.7 Å². The number of methoxy groups -OCH3 is 1. The second-order valence-corrected chi connectivity index (χ2v) is 5.54. The number of aromatic nitrogens is 1. The van der Waals surface area contributed by atoms with Gasteiger partial charge in [0.15, 0.2) is 17.5 Å². The molecule has 2 unspecified atom stereocenters. The zero-order valence-electron chi connectivity index (χ0n) is 13.3. The van der Waals surface area contributed by atoms with Crippen LogP contribution in [0.4, 0.5) is 10.6 Å². The number of carbonyl (C=O) groups is 3. The Bertz CT molecular complexity index is 780. The highest BCUT2D eigenvalue weighted by molar-refractivity contribution is 6.05. The van der Waals surface area contributed by atoms with Crippen molar-refractivity contribution in [2.24, 2.45) is 0 Å². The van der Waals surface area contributed by atoms with Crippen molar-refractivity contribution in [1.29, 1.82) is 0 Å². The molecule has 0 aliphatic carbocycles. The van der Waals surface area contributed by atoms with Crippen LogP contribution in [-0.2, 0) is 9.59 Å². The van der Waals surface area contributed by atoms with E-state index in [2.05, 4.69) is 27.5 Å². The van der Waals surface area contributed by atoms with E-state index in [1.807, 2.05) is 6.92 Å². The van der Waals surface area contributed by atoms with Gasteiger partial charge in [-0.25, -0.2) is 9.78 Å². The van der Waals surface area contributed by atoms with Crippen molar-refractivity contribution in [1.82, 2.24) is 15.6 Å². The van der Waals surface area contributed by atoms with Gasteiger partial charge >= 0.3 is 6.03 Å². The monoisotopic (exact) mass is 328 g/mol. The molecule has 0 aromatic carbocycles. The van der Waals surface area contributed by atoms with Gasteiger partial charge in [0.2, 0.25) is 5.91 Å². The summed E-state index contributed by atoms with van der Waals surface area (Å²) in [6.45, 7) is 1.96. The lowest BCUT2D eigenvalue weighted by molar-refractivity contribution is -0.119. The van der Waals surface area contributed by atoms with Crippen molar-refractivity contribution < 1.29 is 19.1 Å². The maximum Gasteiger partial charge on any atom is 0.322 e. The third kappa shape index (κ3) is 2.88. The molecule has 2 atom stereocenters.